The van der Waals surface area contributed by atoms with E-state index in [1.54, 1.807) is 19.1 Å². The average Bonchev–Trinajstić information content (AvgIpc) is 2.95. The molecule has 0 radical (unpaired) electrons. The van der Waals surface area contributed by atoms with Crippen molar-refractivity contribution in [2.24, 2.45) is 0 Å². The van der Waals surface area contributed by atoms with Crippen molar-refractivity contribution < 1.29 is 19.1 Å². The number of carbonyl (C=O) groups excluding carboxylic acids is 1. The van der Waals surface area contributed by atoms with Gasteiger partial charge in [0, 0.05) is 18.3 Å². The number of carbonyl (C=O) groups is 2. The zero-order chi connectivity index (χ0) is 19.6. The lowest BCUT2D eigenvalue weighted by atomic mass is 10.1. The summed E-state index contributed by atoms with van der Waals surface area (Å²) in [5, 5.41) is 11.3. The Balaban J connectivity index is 2.00. The molecule has 0 bridgehead atoms. The molecule has 0 spiro atoms. The van der Waals surface area contributed by atoms with Gasteiger partial charge in [-0.05, 0) is 49.2 Å². The molecular weight excluding hydrogens is 349 g/mol. The van der Waals surface area contributed by atoms with Gasteiger partial charge < -0.3 is 14.8 Å². The van der Waals surface area contributed by atoms with Crippen LogP contribution in [0.25, 0.3) is 16.9 Å². The molecule has 0 saturated carbocycles. The van der Waals surface area contributed by atoms with Gasteiger partial charge in [-0.3, -0.25) is 9.59 Å². The van der Waals surface area contributed by atoms with Crippen molar-refractivity contribution >= 4 is 17.5 Å². The number of hydrogen-bond acceptors (Lipinski definition) is 3. The summed E-state index contributed by atoms with van der Waals surface area (Å²) in [5.74, 6) is -1.56. The molecule has 1 aromatic carbocycles. The maximum absolute atomic E-state index is 13.6. The van der Waals surface area contributed by atoms with Crippen LogP contribution in [-0.2, 0) is 16.0 Å². The zero-order valence-electron chi connectivity index (χ0n) is 15.1. The van der Waals surface area contributed by atoms with E-state index in [0.717, 1.165) is 11.1 Å². The molecule has 3 aromatic rings. The van der Waals surface area contributed by atoms with Gasteiger partial charge in [0.1, 0.15) is 11.5 Å². The Labute approximate surface area is 155 Å². The third-order valence-corrected chi connectivity index (χ3v) is 4.29. The molecule has 7 heteroatoms. The Morgan fingerprint density at radius 2 is 2.00 bits per heavy atom. The first kappa shape index (κ1) is 18.6. The minimum atomic E-state index is -0.969. The monoisotopic (exact) mass is 369 g/mol. The van der Waals surface area contributed by atoms with Crippen LogP contribution >= 0.6 is 0 Å². The lowest BCUT2D eigenvalue weighted by Gasteiger charge is -2.08. The molecule has 0 fully saturated rings. The standard InChI is InChI=1S/C20H20FN3O3/c1-12-3-6-17-23-20(14-4-5-15(21)13(2)9-14)16(24(17)11-12)10-18(25)22-8-7-19(26)27/h3-6,9,11H,7-8,10H2,1-2H3,(H,22,25)(H,26,27). The second-order valence-electron chi connectivity index (χ2n) is 6.48. The molecule has 3 rings (SSSR count). The number of rotatable bonds is 6. The number of nitrogens with zero attached hydrogens (tertiary/aromatic N) is 2. The summed E-state index contributed by atoms with van der Waals surface area (Å²) in [6.07, 6.45) is 1.79. The second-order valence-corrected chi connectivity index (χ2v) is 6.48. The fourth-order valence-corrected chi connectivity index (χ4v) is 2.92. The third-order valence-electron chi connectivity index (χ3n) is 4.29. The number of carboxylic acids is 1. The molecule has 0 unspecified atom stereocenters. The zero-order valence-corrected chi connectivity index (χ0v) is 15.1. The van der Waals surface area contributed by atoms with Gasteiger partial charge in [-0.2, -0.15) is 0 Å². The number of halogens is 1. The van der Waals surface area contributed by atoms with Crippen LogP contribution in [0.1, 0.15) is 23.2 Å². The summed E-state index contributed by atoms with van der Waals surface area (Å²) in [6, 6.07) is 8.52. The molecule has 2 aromatic heterocycles. The highest BCUT2D eigenvalue weighted by molar-refractivity contribution is 5.82. The summed E-state index contributed by atoms with van der Waals surface area (Å²) >= 11 is 0. The topological polar surface area (TPSA) is 83.7 Å². The Hall–Kier alpha value is -3.22. The van der Waals surface area contributed by atoms with Crippen LogP contribution in [0.4, 0.5) is 4.39 Å². The maximum Gasteiger partial charge on any atom is 0.305 e. The number of fused-ring (bicyclic) bond motifs is 1. The van der Waals surface area contributed by atoms with Crippen LogP contribution in [0.5, 0.6) is 0 Å². The van der Waals surface area contributed by atoms with Crippen molar-refractivity contribution in [1.29, 1.82) is 0 Å². The number of imidazole rings is 1. The molecule has 2 N–H and O–H groups in total. The highest BCUT2D eigenvalue weighted by atomic mass is 19.1. The van der Waals surface area contributed by atoms with Crippen LogP contribution in [0.15, 0.2) is 36.5 Å². The Morgan fingerprint density at radius 1 is 1.22 bits per heavy atom. The molecular formula is C20H20FN3O3. The smallest absolute Gasteiger partial charge is 0.305 e. The number of aliphatic carboxylic acids is 1. The predicted octanol–water partition coefficient (Wildman–Crippen LogP) is 2.89. The van der Waals surface area contributed by atoms with Crippen LogP contribution in [-0.4, -0.2) is 32.9 Å². The van der Waals surface area contributed by atoms with E-state index in [4.69, 9.17) is 5.11 Å². The summed E-state index contributed by atoms with van der Waals surface area (Å²) in [5.41, 5.74) is 4.20. The van der Waals surface area contributed by atoms with Crippen LogP contribution in [0.3, 0.4) is 0 Å². The predicted molar refractivity (Wildman–Crippen MR) is 99.0 cm³/mol. The highest BCUT2D eigenvalue weighted by Crippen LogP contribution is 2.27. The van der Waals surface area contributed by atoms with E-state index >= 15 is 0 Å². The highest BCUT2D eigenvalue weighted by Gasteiger charge is 2.18. The number of aryl methyl sites for hydroxylation is 2. The minimum absolute atomic E-state index is 0.0377. The van der Waals surface area contributed by atoms with Crippen molar-refractivity contribution in [2.75, 3.05) is 6.54 Å². The molecule has 0 atom stereocenters. The molecule has 0 aliphatic carbocycles. The number of nitrogens with one attached hydrogen (secondary N) is 1. The van der Waals surface area contributed by atoms with E-state index in [9.17, 15) is 14.0 Å². The summed E-state index contributed by atoms with van der Waals surface area (Å²) in [4.78, 5) is 27.6. The summed E-state index contributed by atoms with van der Waals surface area (Å²) in [6.45, 7) is 3.68. The normalized spacial score (nSPS) is 10.9. The molecule has 140 valence electrons. The first-order valence-electron chi connectivity index (χ1n) is 8.58. The minimum Gasteiger partial charge on any atom is -0.481 e. The quantitative estimate of drug-likeness (QED) is 0.700. The number of carboxylic acid groups (broad SMARTS) is 1. The summed E-state index contributed by atoms with van der Waals surface area (Å²) < 4.78 is 15.5. The number of benzene rings is 1. The first-order valence-corrected chi connectivity index (χ1v) is 8.58. The molecule has 27 heavy (non-hydrogen) atoms. The Morgan fingerprint density at radius 3 is 2.70 bits per heavy atom. The van der Waals surface area contributed by atoms with Gasteiger partial charge in [-0.25, -0.2) is 9.37 Å². The van der Waals surface area contributed by atoms with Gasteiger partial charge in [0.25, 0.3) is 0 Å². The van der Waals surface area contributed by atoms with Gasteiger partial charge in [0.15, 0.2) is 0 Å². The fraction of sp³-hybridized carbons (Fsp3) is 0.250. The lowest BCUT2D eigenvalue weighted by molar-refractivity contribution is -0.136. The van der Waals surface area contributed by atoms with E-state index in [2.05, 4.69) is 10.3 Å². The number of hydrogen-bond donors (Lipinski definition) is 2. The lowest BCUT2D eigenvalue weighted by Crippen LogP contribution is -2.28. The van der Waals surface area contributed by atoms with E-state index in [0.29, 0.717) is 22.6 Å². The fourth-order valence-electron chi connectivity index (χ4n) is 2.92. The van der Waals surface area contributed by atoms with Gasteiger partial charge in [-0.15, -0.1) is 0 Å². The van der Waals surface area contributed by atoms with Crippen LogP contribution in [0.2, 0.25) is 0 Å². The maximum atomic E-state index is 13.6. The molecule has 0 saturated heterocycles. The number of pyridine rings is 1. The van der Waals surface area contributed by atoms with E-state index < -0.39 is 5.97 Å². The first-order chi connectivity index (χ1) is 12.8. The largest absolute Gasteiger partial charge is 0.481 e. The Kier molecular flexibility index (Phi) is 5.21. The van der Waals surface area contributed by atoms with Crippen LogP contribution < -0.4 is 5.32 Å². The number of amides is 1. The van der Waals surface area contributed by atoms with Crippen molar-refractivity contribution in [3.63, 3.8) is 0 Å². The van der Waals surface area contributed by atoms with E-state index in [1.807, 2.05) is 29.7 Å². The molecule has 0 aliphatic heterocycles. The second kappa shape index (κ2) is 7.57. The van der Waals surface area contributed by atoms with Gasteiger partial charge >= 0.3 is 5.97 Å². The van der Waals surface area contributed by atoms with Gasteiger partial charge in [-0.1, -0.05) is 6.07 Å². The van der Waals surface area contributed by atoms with Crippen LogP contribution in [0, 0.1) is 19.7 Å². The van der Waals surface area contributed by atoms with Gasteiger partial charge in [0.2, 0.25) is 5.91 Å². The van der Waals surface area contributed by atoms with E-state index in [1.165, 1.54) is 6.07 Å². The third kappa shape index (κ3) is 4.13. The van der Waals surface area contributed by atoms with Gasteiger partial charge in [0.05, 0.1) is 24.2 Å². The SMILES string of the molecule is Cc1ccc2nc(-c3ccc(F)c(C)c3)c(CC(=O)NCCC(=O)O)n2c1. The Bertz CT molecular complexity index is 1030. The van der Waals surface area contributed by atoms with Crippen molar-refractivity contribution in [1.82, 2.24) is 14.7 Å². The van der Waals surface area contributed by atoms with E-state index in [-0.39, 0.29) is 31.1 Å². The number of aromatic nitrogens is 2. The van der Waals surface area contributed by atoms with Crippen molar-refractivity contribution in [3.8, 4) is 11.3 Å². The molecule has 2 heterocycles. The summed E-state index contributed by atoms with van der Waals surface area (Å²) in [7, 11) is 0. The molecule has 6 nitrogen and oxygen atoms in total. The molecule has 0 aliphatic rings. The van der Waals surface area contributed by atoms with Crippen molar-refractivity contribution in [2.45, 2.75) is 26.7 Å². The molecule has 1 amide bonds. The average molecular weight is 369 g/mol. The van der Waals surface area contributed by atoms with Crippen molar-refractivity contribution in [3.05, 3.63) is 59.2 Å².